The van der Waals surface area contributed by atoms with Crippen LogP contribution < -0.4 is 4.90 Å². The maximum Gasteiger partial charge on any atom is 0.227 e. The van der Waals surface area contributed by atoms with Crippen LogP contribution in [-0.4, -0.2) is 11.7 Å². The predicted molar refractivity (Wildman–Crippen MR) is 92.0 cm³/mol. The molecule has 0 fully saturated rings. The molecule has 5 heteroatoms. The van der Waals surface area contributed by atoms with Crippen LogP contribution in [0, 0.1) is 0 Å². The molecule has 22 heavy (non-hydrogen) atoms. The number of carbonyl (C=O) groups excluding carboxylic acids is 2. The Hall–Kier alpha value is -1.85. The Labute approximate surface area is 141 Å². The number of halogens is 1. The van der Waals surface area contributed by atoms with Crippen molar-refractivity contribution >= 4 is 45.1 Å². The molecule has 0 bridgehead atoms. The molecule has 1 aliphatic rings. The predicted octanol–water partition coefficient (Wildman–Crippen LogP) is 4.63. The van der Waals surface area contributed by atoms with Crippen LogP contribution in [0.4, 0.5) is 5.69 Å². The van der Waals surface area contributed by atoms with Crippen molar-refractivity contribution < 1.29 is 9.59 Å². The molecule has 0 N–H and O–H groups in total. The van der Waals surface area contributed by atoms with Crippen LogP contribution in [0.5, 0.6) is 0 Å². The summed E-state index contributed by atoms with van der Waals surface area (Å²) in [6, 6.07) is 14.9. The molecule has 0 saturated carbocycles. The minimum atomic E-state index is -0.140. The number of benzene rings is 2. The van der Waals surface area contributed by atoms with Gasteiger partial charge in [-0.25, -0.2) is 0 Å². The Kier molecular flexibility index (Phi) is 4.18. The molecule has 0 aromatic heterocycles. The van der Waals surface area contributed by atoms with Crippen molar-refractivity contribution in [2.75, 3.05) is 4.90 Å². The lowest BCUT2D eigenvalue weighted by Crippen LogP contribution is -2.22. The fraction of sp³-hybridized carbons (Fsp3) is 0.0588. The summed E-state index contributed by atoms with van der Waals surface area (Å²) in [4.78, 5) is 27.3. The number of fused-ring (bicyclic) bond motifs is 1. The number of ketones is 1. The van der Waals surface area contributed by atoms with Crippen molar-refractivity contribution in [3.8, 4) is 0 Å². The zero-order valence-electron chi connectivity index (χ0n) is 11.7. The quantitative estimate of drug-likeness (QED) is 0.720. The van der Waals surface area contributed by atoms with Crippen molar-refractivity contribution in [3.63, 3.8) is 0 Å². The Morgan fingerprint density at radius 1 is 1.14 bits per heavy atom. The van der Waals surface area contributed by atoms with E-state index in [1.54, 1.807) is 6.20 Å². The van der Waals surface area contributed by atoms with E-state index in [1.165, 1.54) is 23.6 Å². The molecule has 1 amide bonds. The van der Waals surface area contributed by atoms with Gasteiger partial charge in [-0.2, -0.15) is 0 Å². The average Bonchev–Trinajstić information content (AvgIpc) is 2.82. The summed E-state index contributed by atoms with van der Waals surface area (Å²) in [6.45, 7) is 1.48. The summed E-state index contributed by atoms with van der Waals surface area (Å²) >= 11 is 4.77. The number of thioether (sulfide) groups is 1. The second kappa shape index (κ2) is 6.10. The third-order valence-electron chi connectivity index (χ3n) is 3.27. The SMILES string of the molecule is CC(=O)N(/C=C1/Sc2ccccc2C1=O)c1ccc(Br)cc1. The largest absolute Gasteiger partial charge is 0.288 e. The molecule has 110 valence electrons. The first-order valence-corrected chi connectivity index (χ1v) is 8.26. The van der Waals surface area contributed by atoms with Crippen molar-refractivity contribution in [1.82, 2.24) is 0 Å². The molecule has 2 aromatic rings. The lowest BCUT2D eigenvalue weighted by Gasteiger charge is -2.17. The van der Waals surface area contributed by atoms with Gasteiger partial charge >= 0.3 is 0 Å². The van der Waals surface area contributed by atoms with E-state index < -0.39 is 0 Å². The third-order valence-corrected chi connectivity index (χ3v) is 4.88. The highest BCUT2D eigenvalue weighted by Crippen LogP contribution is 2.40. The smallest absolute Gasteiger partial charge is 0.227 e. The molecule has 3 nitrogen and oxygen atoms in total. The topological polar surface area (TPSA) is 37.4 Å². The van der Waals surface area contributed by atoms with Gasteiger partial charge in [0, 0.05) is 33.7 Å². The van der Waals surface area contributed by atoms with Gasteiger partial charge in [0.1, 0.15) is 0 Å². The van der Waals surface area contributed by atoms with Crippen molar-refractivity contribution in [2.45, 2.75) is 11.8 Å². The van der Waals surface area contributed by atoms with Gasteiger partial charge in [0.25, 0.3) is 0 Å². The lowest BCUT2D eigenvalue weighted by atomic mass is 10.1. The fourth-order valence-electron chi connectivity index (χ4n) is 2.19. The summed E-state index contributed by atoms with van der Waals surface area (Å²) < 4.78 is 0.936. The second-order valence-corrected chi connectivity index (χ2v) is 6.79. The molecule has 0 aliphatic carbocycles. The molecule has 2 aromatic carbocycles. The Morgan fingerprint density at radius 2 is 1.82 bits per heavy atom. The van der Waals surface area contributed by atoms with E-state index in [4.69, 9.17) is 0 Å². The molecular formula is C17H12BrNO2S. The molecular weight excluding hydrogens is 362 g/mol. The normalized spacial score (nSPS) is 15.0. The van der Waals surface area contributed by atoms with Gasteiger partial charge in [-0.3, -0.25) is 14.5 Å². The molecule has 0 radical (unpaired) electrons. The average molecular weight is 374 g/mol. The highest BCUT2D eigenvalue weighted by atomic mass is 79.9. The lowest BCUT2D eigenvalue weighted by molar-refractivity contribution is -0.116. The molecule has 0 saturated heterocycles. The summed E-state index contributed by atoms with van der Waals surface area (Å²) in [6.07, 6.45) is 1.62. The number of amides is 1. The number of nitrogens with zero attached hydrogens (tertiary/aromatic N) is 1. The van der Waals surface area contributed by atoms with Gasteiger partial charge in [-0.1, -0.05) is 39.8 Å². The number of carbonyl (C=O) groups is 2. The first-order chi connectivity index (χ1) is 10.6. The standard InChI is InChI=1S/C17H12BrNO2S/c1-11(20)19(13-8-6-12(18)7-9-13)10-16-17(21)14-4-2-3-5-15(14)22-16/h2-10H,1H3/b16-10+. The van der Waals surface area contributed by atoms with Gasteiger partial charge in [-0.15, -0.1) is 0 Å². The maximum atomic E-state index is 12.4. The van der Waals surface area contributed by atoms with Crippen LogP contribution in [0.25, 0.3) is 0 Å². The van der Waals surface area contributed by atoms with Gasteiger partial charge < -0.3 is 0 Å². The van der Waals surface area contributed by atoms with Crippen LogP contribution in [-0.2, 0) is 4.79 Å². The maximum absolute atomic E-state index is 12.4. The summed E-state index contributed by atoms with van der Waals surface area (Å²) in [5.74, 6) is -0.178. The first kappa shape index (κ1) is 15.1. The van der Waals surface area contributed by atoms with Crippen molar-refractivity contribution in [1.29, 1.82) is 0 Å². The van der Waals surface area contributed by atoms with E-state index in [0.717, 1.165) is 15.1 Å². The van der Waals surface area contributed by atoms with E-state index in [2.05, 4.69) is 15.9 Å². The molecule has 0 atom stereocenters. The summed E-state index contributed by atoms with van der Waals surface area (Å²) in [7, 11) is 0. The van der Waals surface area contributed by atoms with Crippen LogP contribution >= 0.6 is 27.7 Å². The van der Waals surface area contributed by atoms with Crippen LogP contribution in [0.15, 0.2) is 69.0 Å². The zero-order valence-corrected chi connectivity index (χ0v) is 14.1. The van der Waals surface area contributed by atoms with E-state index in [0.29, 0.717) is 10.5 Å². The first-order valence-electron chi connectivity index (χ1n) is 6.65. The monoisotopic (exact) mass is 373 g/mol. The molecule has 0 unspecified atom stereocenters. The van der Waals surface area contributed by atoms with Crippen LogP contribution in [0.1, 0.15) is 17.3 Å². The molecule has 3 rings (SSSR count). The Morgan fingerprint density at radius 3 is 2.45 bits per heavy atom. The Bertz CT molecular complexity index is 784. The summed E-state index contributed by atoms with van der Waals surface area (Å²) in [5.41, 5.74) is 1.42. The number of allylic oxidation sites excluding steroid dienone is 1. The van der Waals surface area contributed by atoms with Gasteiger partial charge in [0.15, 0.2) is 0 Å². The molecule has 0 spiro atoms. The molecule has 1 aliphatic heterocycles. The summed E-state index contributed by atoms with van der Waals surface area (Å²) in [5, 5.41) is 0. The van der Waals surface area contributed by atoms with Crippen LogP contribution in [0.2, 0.25) is 0 Å². The van der Waals surface area contributed by atoms with E-state index in [9.17, 15) is 9.59 Å². The van der Waals surface area contributed by atoms with E-state index in [-0.39, 0.29) is 11.7 Å². The number of anilines is 1. The number of hydrogen-bond donors (Lipinski definition) is 0. The van der Waals surface area contributed by atoms with Crippen molar-refractivity contribution in [2.24, 2.45) is 0 Å². The van der Waals surface area contributed by atoms with Gasteiger partial charge in [0.2, 0.25) is 11.7 Å². The van der Waals surface area contributed by atoms with Gasteiger partial charge in [-0.05, 0) is 36.4 Å². The number of Topliss-reactive ketones (excluding diaryl/α,β-unsaturated/α-hetero) is 1. The zero-order chi connectivity index (χ0) is 15.7. The fourth-order valence-corrected chi connectivity index (χ4v) is 3.47. The van der Waals surface area contributed by atoms with Crippen molar-refractivity contribution in [3.05, 3.63) is 69.7 Å². The van der Waals surface area contributed by atoms with Gasteiger partial charge in [0.05, 0.1) is 4.91 Å². The van der Waals surface area contributed by atoms with E-state index in [1.807, 2.05) is 48.5 Å². The number of hydrogen-bond acceptors (Lipinski definition) is 3. The Balaban J connectivity index is 1.97. The van der Waals surface area contributed by atoms with E-state index >= 15 is 0 Å². The third kappa shape index (κ3) is 2.87. The molecule has 1 heterocycles. The van der Waals surface area contributed by atoms with Crippen LogP contribution in [0.3, 0.4) is 0 Å². The number of rotatable bonds is 2. The minimum Gasteiger partial charge on any atom is -0.288 e. The second-order valence-electron chi connectivity index (χ2n) is 4.79. The minimum absolute atomic E-state index is 0.0380. The highest BCUT2D eigenvalue weighted by Gasteiger charge is 2.26. The highest BCUT2D eigenvalue weighted by molar-refractivity contribution is 9.10.